The van der Waals surface area contributed by atoms with Gasteiger partial charge in [-0.1, -0.05) is 44.9 Å². The highest BCUT2D eigenvalue weighted by Gasteiger charge is 2.08. The molecule has 1 aromatic carbocycles. The van der Waals surface area contributed by atoms with Crippen molar-refractivity contribution in [2.24, 2.45) is 0 Å². The van der Waals surface area contributed by atoms with Crippen LogP contribution in [0.2, 0.25) is 0 Å². The van der Waals surface area contributed by atoms with Crippen LogP contribution in [0.4, 0.5) is 5.69 Å². The Labute approximate surface area is 112 Å². The third kappa shape index (κ3) is 5.09. The zero-order valence-corrected chi connectivity index (χ0v) is 12.0. The summed E-state index contributed by atoms with van der Waals surface area (Å²) < 4.78 is 5.52. The molecule has 0 atom stereocenters. The number of hydrogen-bond donors (Lipinski definition) is 1. The molecule has 18 heavy (non-hydrogen) atoms. The van der Waals surface area contributed by atoms with Gasteiger partial charge < -0.3 is 10.1 Å². The fourth-order valence-corrected chi connectivity index (χ4v) is 2.20. The Morgan fingerprint density at radius 2 is 1.72 bits per heavy atom. The molecule has 0 spiro atoms. The second-order valence-electron chi connectivity index (χ2n) is 4.71. The lowest BCUT2D eigenvalue weighted by atomic mass is 10.1. The molecule has 1 N–H and O–H groups in total. The largest absolute Gasteiger partial charge is 0.382 e. The van der Waals surface area contributed by atoms with Gasteiger partial charge in [-0.25, -0.2) is 0 Å². The van der Waals surface area contributed by atoms with Crippen molar-refractivity contribution in [3.8, 4) is 0 Å². The van der Waals surface area contributed by atoms with Crippen LogP contribution in [0, 0.1) is 0 Å². The van der Waals surface area contributed by atoms with Gasteiger partial charge in [0.2, 0.25) is 0 Å². The first-order chi connectivity index (χ1) is 8.81. The number of benzene rings is 1. The van der Waals surface area contributed by atoms with Crippen molar-refractivity contribution < 1.29 is 4.74 Å². The molecule has 102 valence electrons. The van der Waals surface area contributed by atoms with E-state index in [9.17, 15) is 0 Å². The van der Waals surface area contributed by atoms with Crippen molar-refractivity contribution in [1.29, 1.82) is 0 Å². The molecule has 0 saturated carbocycles. The van der Waals surface area contributed by atoms with E-state index in [0.717, 1.165) is 6.61 Å². The summed E-state index contributed by atoms with van der Waals surface area (Å²) >= 11 is 0. The van der Waals surface area contributed by atoms with Crippen molar-refractivity contribution in [2.45, 2.75) is 59.1 Å². The van der Waals surface area contributed by atoms with Crippen LogP contribution in [-0.4, -0.2) is 12.6 Å². The topological polar surface area (TPSA) is 21.3 Å². The molecule has 1 rings (SSSR count). The molecule has 0 radical (unpaired) electrons. The Bertz CT molecular complexity index is 319. The minimum atomic E-state index is 0.586. The summed E-state index contributed by atoms with van der Waals surface area (Å²) in [7, 11) is 0. The third-order valence-corrected chi connectivity index (χ3v) is 3.11. The summed E-state index contributed by atoms with van der Waals surface area (Å²) in [6, 6.07) is 9.06. The summed E-state index contributed by atoms with van der Waals surface area (Å²) in [5.74, 6) is 0. The number of hydrogen-bond acceptors (Lipinski definition) is 2. The molecular weight excluding hydrogens is 222 g/mol. The number of para-hydroxylation sites is 1. The van der Waals surface area contributed by atoms with Gasteiger partial charge in [-0.15, -0.1) is 0 Å². The zero-order valence-electron chi connectivity index (χ0n) is 12.0. The molecule has 2 nitrogen and oxygen atoms in total. The highest BCUT2D eigenvalue weighted by Crippen LogP contribution is 2.20. The minimum absolute atomic E-state index is 0.586. The first-order valence-electron chi connectivity index (χ1n) is 7.23. The van der Waals surface area contributed by atoms with Crippen LogP contribution < -0.4 is 5.32 Å². The van der Waals surface area contributed by atoms with E-state index in [1.165, 1.54) is 36.9 Å². The van der Waals surface area contributed by atoms with E-state index >= 15 is 0 Å². The van der Waals surface area contributed by atoms with E-state index in [2.05, 4.69) is 43.4 Å². The van der Waals surface area contributed by atoms with Crippen LogP contribution in [0.3, 0.4) is 0 Å². The maximum absolute atomic E-state index is 5.52. The van der Waals surface area contributed by atoms with E-state index < -0.39 is 0 Å². The second kappa shape index (κ2) is 8.98. The quantitative estimate of drug-likeness (QED) is 0.690. The first-order valence-corrected chi connectivity index (χ1v) is 7.23. The SMILES string of the molecule is CCCC(CCC)Nc1ccccc1COCC. The average molecular weight is 249 g/mol. The van der Waals surface area contributed by atoms with Gasteiger partial charge >= 0.3 is 0 Å². The molecule has 0 unspecified atom stereocenters. The third-order valence-electron chi connectivity index (χ3n) is 3.11. The van der Waals surface area contributed by atoms with Crippen LogP contribution in [0.15, 0.2) is 24.3 Å². The van der Waals surface area contributed by atoms with Gasteiger partial charge in [0.25, 0.3) is 0 Å². The molecule has 0 aliphatic carbocycles. The van der Waals surface area contributed by atoms with Crippen LogP contribution in [0.25, 0.3) is 0 Å². The summed E-state index contributed by atoms with van der Waals surface area (Å²) in [4.78, 5) is 0. The smallest absolute Gasteiger partial charge is 0.0736 e. The first kappa shape index (κ1) is 15.0. The van der Waals surface area contributed by atoms with Crippen molar-refractivity contribution in [2.75, 3.05) is 11.9 Å². The Kier molecular flexibility index (Phi) is 7.51. The van der Waals surface area contributed by atoms with Gasteiger partial charge in [-0.3, -0.25) is 0 Å². The van der Waals surface area contributed by atoms with Gasteiger partial charge in [0.1, 0.15) is 0 Å². The van der Waals surface area contributed by atoms with Gasteiger partial charge in [-0.2, -0.15) is 0 Å². The van der Waals surface area contributed by atoms with Gasteiger partial charge in [0.05, 0.1) is 6.61 Å². The molecule has 0 heterocycles. The van der Waals surface area contributed by atoms with Crippen molar-refractivity contribution in [3.63, 3.8) is 0 Å². The van der Waals surface area contributed by atoms with Gasteiger partial charge in [0.15, 0.2) is 0 Å². The molecule has 2 heteroatoms. The Hall–Kier alpha value is -1.02. The number of rotatable bonds is 9. The summed E-state index contributed by atoms with van der Waals surface area (Å²) in [5, 5.41) is 3.68. The molecule has 1 aromatic rings. The molecule has 0 aliphatic heterocycles. The van der Waals surface area contributed by atoms with E-state index in [0.29, 0.717) is 12.6 Å². The maximum Gasteiger partial charge on any atom is 0.0736 e. The monoisotopic (exact) mass is 249 g/mol. The molecule has 0 amide bonds. The van der Waals surface area contributed by atoms with E-state index in [-0.39, 0.29) is 0 Å². The summed E-state index contributed by atoms with van der Waals surface area (Å²) in [5.41, 5.74) is 2.49. The fraction of sp³-hybridized carbons (Fsp3) is 0.625. The molecule has 0 aliphatic rings. The Morgan fingerprint density at radius 1 is 1.06 bits per heavy atom. The normalized spacial score (nSPS) is 10.9. The Morgan fingerprint density at radius 3 is 2.33 bits per heavy atom. The second-order valence-corrected chi connectivity index (χ2v) is 4.71. The van der Waals surface area contributed by atoms with Crippen LogP contribution in [-0.2, 0) is 11.3 Å². The minimum Gasteiger partial charge on any atom is -0.382 e. The standard InChI is InChI=1S/C16H27NO/c1-4-9-15(10-5-2)17-16-12-8-7-11-14(16)13-18-6-3/h7-8,11-12,15,17H,4-6,9-10,13H2,1-3H3. The number of nitrogens with one attached hydrogen (secondary N) is 1. The number of ether oxygens (including phenoxy) is 1. The predicted octanol–water partition coefficient (Wildman–Crippen LogP) is 4.60. The Balaban J connectivity index is 2.67. The van der Waals surface area contributed by atoms with Crippen LogP contribution in [0.1, 0.15) is 52.0 Å². The number of anilines is 1. The highest BCUT2D eigenvalue weighted by atomic mass is 16.5. The van der Waals surface area contributed by atoms with Crippen molar-refractivity contribution in [1.82, 2.24) is 0 Å². The molecular formula is C16H27NO. The van der Waals surface area contributed by atoms with E-state index in [1.54, 1.807) is 0 Å². The van der Waals surface area contributed by atoms with Crippen LogP contribution >= 0.6 is 0 Å². The summed E-state index contributed by atoms with van der Waals surface area (Å²) in [6.07, 6.45) is 4.92. The lowest BCUT2D eigenvalue weighted by Crippen LogP contribution is -2.19. The van der Waals surface area contributed by atoms with Crippen LogP contribution in [0.5, 0.6) is 0 Å². The fourth-order valence-electron chi connectivity index (χ4n) is 2.20. The van der Waals surface area contributed by atoms with Gasteiger partial charge in [0, 0.05) is 23.9 Å². The summed E-state index contributed by atoms with van der Waals surface area (Å²) in [6.45, 7) is 7.99. The highest BCUT2D eigenvalue weighted by molar-refractivity contribution is 5.51. The lowest BCUT2D eigenvalue weighted by molar-refractivity contribution is 0.134. The lowest BCUT2D eigenvalue weighted by Gasteiger charge is -2.21. The predicted molar refractivity (Wildman–Crippen MR) is 79.0 cm³/mol. The average Bonchev–Trinajstić information content (AvgIpc) is 2.38. The maximum atomic E-state index is 5.52. The van der Waals surface area contributed by atoms with Crippen molar-refractivity contribution in [3.05, 3.63) is 29.8 Å². The zero-order chi connectivity index (χ0) is 13.2. The molecule has 0 bridgehead atoms. The van der Waals surface area contributed by atoms with E-state index in [1.807, 2.05) is 6.92 Å². The molecule has 0 fully saturated rings. The molecule has 0 aromatic heterocycles. The van der Waals surface area contributed by atoms with E-state index in [4.69, 9.17) is 4.74 Å². The van der Waals surface area contributed by atoms with Crippen molar-refractivity contribution >= 4 is 5.69 Å². The van der Waals surface area contributed by atoms with Gasteiger partial charge in [-0.05, 0) is 25.8 Å². The molecule has 0 saturated heterocycles.